The van der Waals surface area contributed by atoms with Crippen LogP contribution in [0.4, 0.5) is 17.1 Å². The summed E-state index contributed by atoms with van der Waals surface area (Å²) in [6.07, 6.45) is 7.67. The van der Waals surface area contributed by atoms with Gasteiger partial charge in [-0.2, -0.15) is 0 Å². The highest BCUT2D eigenvalue weighted by atomic mass is 16.3. The first-order valence-corrected chi connectivity index (χ1v) is 26.7. The third-order valence-corrected chi connectivity index (χ3v) is 16.7. The molecule has 0 radical (unpaired) electrons. The second-order valence-corrected chi connectivity index (χ2v) is 20.5. The molecule has 2 nitrogen and oxygen atoms in total. The van der Waals surface area contributed by atoms with Gasteiger partial charge in [-0.1, -0.05) is 275 Å². The third kappa shape index (κ3) is 6.76. The van der Waals surface area contributed by atoms with E-state index < -0.39 is 10.8 Å². The van der Waals surface area contributed by atoms with E-state index in [1.54, 1.807) is 0 Å². The molecule has 12 aromatic rings. The Morgan fingerprint density at radius 1 is 0.321 bits per heavy atom. The van der Waals surface area contributed by atoms with Gasteiger partial charge in [-0.25, -0.2) is 0 Å². The molecule has 0 spiro atoms. The van der Waals surface area contributed by atoms with Crippen molar-refractivity contribution in [2.75, 3.05) is 4.90 Å². The minimum atomic E-state index is -0.696. The van der Waals surface area contributed by atoms with Crippen molar-refractivity contribution in [3.8, 4) is 33.4 Å². The molecular weight excluding hydrogens is 943 g/mol. The molecule has 0 saturated heterocycles. The first kappa shape index (κ1) is 46.5. The number of fused-ring (bicyclic) bond motifs is 9. The largest absolute Gasteiger partial charge is 0.453 e. The van der Waals surface area contributed by atoms with Gasteiger partial charge in [0.05, 0.1) is 22.2 Å². The van der Waals surface area contributed by atoms with E-state index in [2.05, 4.69) is 280 Å². The molecular formula is C76H53NO. The van der Waals surface area contributed by atoms with Crippen LogP contribution in [0.5, 0.6) is 0 Å². The Bertz CT molecular complexity index is 4260. The van der Waals surface area contributed by atoms with E-state index in [9.17, 15) is 0 Å². The number of furan rings is 1. The minimum Gasteiger partial charge on any atom is -0.453 e. The highest BCUT2D eigenvalue weighted by Gasteiger charge is 2.49. The molecule has 0 unspecified atom stereocenters. The minimum absolute atomic E-state index is 0.688. The molecule has 0 amide bonds. The van der Waals surface area contributed by atoms with Gasteiger partial charge in [0.2, 0.25) is 0 Å². The van der Waals surface area contributed by atoms with Crippen molar-refractivity contribution in [2.45, 2.75) is 10.8 Å². The second kappa shape index (κ2) is 18.4. The molecule has 0 saturated carbocycles. The molecule has 2 aliphatic carbocycles. The number of nitrogens with zero attached hydrogens (tertiary/aromatic N) is 1. The van der Waals surface area contributed by atoms with Crippen LogP contribution in [0.2, 0.25) is 0 Å². The monoisotopic (exact) mass is 995 g/mol. The van der Waals surface area contributed by atoms with Gasteiger partial charge in [0, 0.05) is 27.6 Å². The summed E-state index contributed by atoms with van der Waals surface area (Å²) < 4.78 is 7.40. The molecule has 0 atom stereocenters. The van der Waals surface area contributed by atoms with Crippen LogP contribution in [0.15, 0.2) is 279 Å². The lowest BCUT2D eigenvalue weighted by atomic mass is 9.67. The number of hydrogen-bond acceptors (Lipinski definition) is 2. The highest BCUT2D eigenvalue weighted by Crippen LogP contribution is 2.62. The molecule has 2 aliphatic rings. The first-order chi connectivity index (χ1) is 38.5. The van der Waals surface area contributed by atoms with Crippen LogP contribution >= 0.6 is 0 Å². The SMILES string of the molecule is C=Cc1ccc(C2(c3ccc(C=C)cc3)c3ccccc3-c3ccc(N(c4cccc5c4-c4ccccc4C5(c4ccc(C=C)cc4)c4ccc(C=C)cc4)c4cccc5c4oc4c(-c6ccccc6)cccc45)cc32)cc1. The van der Waals surface area contributed by atoms with Crippen LogP contribution in [0.1, 0.15) is 66.8 Å². The molecule has 1 aromatic heterocycles. The molecule has 1 heterocycles. The van der Waals surface area contributed by atoms with E-state index in [1.807, 2.05) is 24.3 Å². The molecule has 2 heteroatoms. The van der Waals surface area contributed by atoms with Gasteiger partial charge in [0.1, 0.15) is 5.58 Å². The van der Waals surface area contributed by atoms with E-state index in [0.29, 0.717) is 0 Å². The Morgan fingerprint density at radius 2 is 0.744 bits per heavy atom. The van der Waals surface area contributed by atoms with Gasteiger partial charge in [-0.05, 0) is 113 Å². The van der Waals surface area contributed by atoms with Crippen LogP contribution in [-0.4, -0.2) is 0 Å². The van der Waals surface area contributed by atoms with Gasteiger partial charge in [-0.15, -0.1) is 0 Å². The Hall–Kier alpha value is -10.0. The smallest absolute Gasteiger partial charge is 0.159 e. The van der Waals surface area contributed by atoms with Crippen molar-refractivity contribution >= 4 is 63.3 Å². The van der Waals surface area contributed by atoms with E-state index in [0.717, 1.165) is 77.9 Å². The zero-order valence-electron chi connectivity index (χ0n) is 43.2. The van der Waals surface area contributed by atoms with Crippen molar-refractivity contribution in [2.24, 2.45) is 0 Å². The van der Waals surface area contributed by atoms with Crippen LogP contribution < -0.4 is 4.90 Å². The van der Waals surface area contributed by atoms with E-state index in [4.69, 9.17) is 4.42 Å². The van der Waals surface area contributed by atoms with E-state index in [1.165, 1.54) is 61.2 Å². The molecule has 0 bridgehead atoms. The summed E-state index contributed by atoms with van der Waals surface area (Å²) in [4.78, 5) is 2.48. The second-order valence-electron chi connectivity index (χ2n) is 20.5. The predicted octanol–water partition coefficient (Wildman–Crippen LogP) is 20.0. The maximum Gasteiger partial charge on any atom is 0.159 e. The zero-order chi connectivity index (χ0) is 52.5. The van der Waals surface area contributed by atoms with Gasteiger partial charge >= 0.3 is 0 Å². The average Bonchev–Trinajstić information content (AvgIpc) is 4.23. The molecule has 78 heavy (non-hydrogen) atoms. The maximum atomic E-state index is 7.40. The van der Waals surface area contributed by atoms with E-state index in [-0.39, 0.29) is 0 Å². The van der Waals surface area contributed by atoms with Gasteiger partial charge in [0.15, 0.2) is 5.58 Å². The lowest BCUT2D eigenvalue weighted by Crippen LogP contribution is -2.29. The lowest BCUT2D eigenvalue weighted by Gasteiger charge is -2.36. The molecule has 0 aliphatic heterocycles. The standard InChI is InChI=1S/C76H53NO/c1-5-50-31-39-55(40-32-50)75(56-41-33-51(6-2)34-42-56)67-27-15-13-22-65(67)72-68(75)28-18-29-70(72)77(71-30-17-25-64-63-24-16-23-60(73(63)78-74(64)71)54-19-10-9-11-20-54)59-47-48-62-61-21-12-14-26-66(61)76(69(62)49-59,57-43-35-52(7-3)36-44-57)58-45-37-53(8-4)38-46-58/h5-49H,1-4H2. The number of hydrogen-bond donors (Lipinski definition) is 0. The number of anilines is 3. The summed E-state index contributed by atoms with van der Waals surface area (Å²) in [5, 5.41) is 2.11. The third-order valence-electron chi connectivity index (χ3n) is 16.7. The maximum absolute atomic E-state index is 7.40. The zero-order valence-corrected chi connectivity index (χ0v) is 43.2. The first-order valence-electron chi connectivity index (χ1n) is 26.7. The van der Waals surface area contributed by atoms with Gasteiger partial charge in [-0.3, -0.25) is 0 Å². The summed E-state index contributed by atoms with van der Waals surface area (Å²) >= 11 is 0. The Kier molecular flexibility index (Phi) is 11.0. The fourth-order valence-electron chi connectivity index (χ4n) is 13.2. The van der Waals surface area contributed by atoms with Crippen molar-refractivity contribution in [1.29, 1.82) is 0 Å². The van der Waals surface area contributed by atoms with Gasteiger partial charge in [0.25, 0.3) is 0 Å². The van der Waals surface area contributed by atoms with Gasteiger partial charge < -0.3 is 9.32 Å². The number of para-hydroxylation sites is 2. The fourth-order valence-corrected chi connectivity index (χ4v) is 13.2. The van der Waals surface area contributed by atoms with Crippen molar-refractivity contribution in [3.05, 3.63) is 342 Å². The van der Waals surface area contributed by atoms with Crippen LogP contribution in [0.3, 0.4) is 0 Å². The highest BCUT2D eigenvalue weighted by molar-refractivity contribution is 6.14. The Balaban J connectivity index is 1.10. The molecule has 0 fully saturated rings. The summed E-state index contributed by atoms with van der Waals surface area (Å²) in [5.74, 6) is 0. The van der Waals surface area contributed by atoms with Crippen LogP contribution in [0.25, 0.3) is 79.6 Å². The Morgan fingerprint density at radius 3 is 1.31 bits per heavy atom. The topological polar surface area (TPSA) is 16.4 Å². The average molecular weight is 996 g/mol. The van der Waals surface area contributed by atoms with E-state index >= 15 is 0 Å². The van der Waals surface area contributed by atoms with Crippen LogP contribution in [-0.2, 0) is 10.8 Å². The molecule has 0 N–H and O–H groups in total. The summed E-state index contributed by atoms with van der Waals surface area (Å²) in [6.45, 7) is 16.5. The molecule has 14 rings (SSSR count). The summed E-state index contributed by atoms with van der Waals surface area (Å²) in [7, 11) is 0. The molecule has 11 aromatic carbocycles. The number of benzene rings is 11. The van der Waals surface area contributed by atoms with Crippen molar-refractivity contribution in [1.82, 2.24) is 0 Å². The van der Waals surface area contributed by atoms with Crippen molar-refractivity contribution in [3.63, 3.8) is 0 Å². The lowest BCUT2D eigenvalue weighted by molar-refractivity contribution is 0.670. The normalized spacial score (nSPS) is 13.3. The fraction of sp³-hybridized carbons (Fsp3) is 0.0263. The quantitative estimate of drug-likeness (QED) is 0.121. The summed E-state index contributed by atoms with van der Waals surface area (Å²) in [6, 6.07) is 91.5. The molecule has 368 valence electrons. The predicted molar refractivity (Wildman–Crippen MR) is 329 cm³/mol. The number of rotatable bonds is 12. The van der Waals surface area contributed by atoms with Crippen LogP contribution in [0, 0.1) is 0 Å². The Labute approximate surface area is 456 Å². The summed E-state index contributed by atoms with van der Waals surface area (Å²) in [5.41, 5.74) is 23.9. The van der Waals surface area contributed by atoms with Crippen molar-refractivity contribution < 1.29 is 4.42 Å².